The average molecular weight is 318 g/mol. The van der Waals surface area contributed by atoms with Crippen LogP contribution in [0, 0.1) is 11.6 Å². The molecule has 5 heteroatoms. The van der Waals surface area contributed by atoms with Crippen LogP contribution in [0.15, 0.2) is 42.5 Å². The fourth-order valence-corrected chi connectivity index (χ4v) is 2.39. The molecule has 3 nitrogen and oxygen atoms in total. The number of nitrogens with zero attached hydrogens (tertiary/aromatic N) is 1. The predicted molar refractivity (Wildman–Crippen MR) is 86.2 cm³/mol. The second kappa shape index (κ2) is 7.83. The molecular formula is C18H20F2N2O. The average Bonchev–Trinajstić information content (AvgIpc) is 2.55. The first kappa shape index (κ1) is 17.1. The van der Waals surface area contributed by atoms with Crippen molar-refractivity contribution in [2.75, 3.05) is 20.6 Å². The van der Waals surface area contributed by atoms with Gasteiger partial charge in [0, 0.05) is 30.8 Å². The maximum atomic E-state index is 13.7. The summed E-state index contributed by atoms with van der Waals surface area (Å²) in [6, 6.07) is 10.8. The van der Waals surface area contributed by atoms with Gasteiger partial charge in [-0.05, 0) is 37.7 Å². The SMILES string of the molecule is CNCCc1ccccc1C(=O)N(C)Cc1ccc(F)cc1F. The molecule has 23 heavy (non-hydrogen) atoms. The van der Waals surface area contributed by atoms with Crippen LogP contribution in [-0.2, 0) is 13.0 Å². The molecule has 0 aliphatic carbocycles. The van der Waals surface area contributed by atoms with Crippen molar-refractivity contribution in [3.63, 3.8) is 0 Å². The second-order valence-corrected chi connectivity index (χ2v) is 5.41. The number of hydrogen-bond donors (Lipinski definition) is 1. The van der Waals surface area contributed by atoms with Crippen molar-refractivity contribution in [1.29, 1.82) is 0 Å². The molecule has 0 saturated heterocycles. The molecule has 0 bridgehead atoms. The Morgan fingerprint density at radius 2 is 1.87 bits per heavy atom. The Morgan fingerprint density at radius 3 is 2.57 bits per heavy atom. The van der Waals surface area contributed by atoms with Crippen molar-refractivity contribution in [3.05, 3.63) is 70.8 Å². The van der Waals surface area contributed by atoms with E-state index in [-0.39, 0.29) is 18.0 Å². The summed E-state index contributed by atoms with van der Waals surface area (Å²) in [5, 5.41) is 3.05. The van der Waals surface area contributed by atoms with E-state index >= 15 is 0 Å². The van der Waals surface area contributed by atoms with E-state index in [0.717, 1.165) is 24.6 Å². The first-order valence-corrected chi connectivity index (χ1v) is 7.45. The number of likely N-dealkylation sites (N-methyl/N-ethyl adjacent to an activating group) is 1. The maximum Gasteiger partial charge on any atom is 0.254 e. The first-order chi connectivity index (χ1) is 11.0. The van der Waals surface area contributed by atoms with Crippen molar-refractivity contribution in [2.24, 2.45) is 0 Å². The Morgan fingerprint density at radius 1 is 1.13 bits per heavy atom. The number of rotatable bonds is 6. The van der Waals surface area contributed by atoms with Crippen LogP contribution in [0.2, 0.25) is 0 Å². The molecule has 0 spiro atoms. The van der Waals surface area contributed by atoms with Crippen molar-refractivity contribution in [1.82, 2.24) is 10.2 Å². The minimum absolute atomic E-state index is 0.0886. The standard InChI is InChI=1S/C18H20F2N2O/c1-21-10-9-13-5-3-4-6-16(13)18(23)22(2)12-14-7-8-15(19)11-17(14)20/h3-8,11,21H,9-10,12H2,1-2H3. The van der Waals surface area contributed by atoms with E-state index in [2.05, 4.69) is 5.32 Å². The van der Waals surface area contributed by atoms with E-state index < -0.39 is 11.6 Å². The maximum absolute atomic E-state index is 13.7. The third kappa shape index (κ3) is 4.36. The third-order valence-electron chi connectivity index (χ3n) is 3.66. The van der Waals surface area contributed by atoms with Gasteiger partial charge in [0.05, 0.1) is 0 Å². The molecule has 1 amide bonds. The van der Waals surface area contributed by atoms with E-state index in [1.807, 2.05) is 25.2 Å². The number of carbonyl (C=O) groups is 1. The zero-order chi connectivity index (χ0) is 16.8. The number of hydrogen-bond acceptors (Lipinski definition) is 2. The van der Waals surface area contributed by atoms with Crippen LogP contribution in [0.4, 0.5) is 8.78 Å². The van der Waals surface area contributed by atoms with E-state index in [1.165, 1.54) is 17.0 Å². The Hall–Kier alpha value is -2.27. The first-order valence-electron chi connectivity index (χ1n) is 7.45. The molecule has 2 aromatic rings. The van der Waals surface area contributed by atoms with E-state index in [1.54, 1.807) is 13.1 Å². The van der Waals surface area contributed by atoms with Gasteiger partial charge >= 0.3 is 0 Å². The fraction of sp³-hybridized carbons (Fsp3) is 0.278. The number of nitrogens with one attached hydrogen (secondary N) is 1. The van der Waals surface area contributed by atoms with E-state index in [0.29, 0.717) is 5.56 Å². The smallest absolute Gasteiger partial charge is 0.254 e. The quantitative estimate of drug-likeness (QED) is 0.888. The van der Waals surface area contributed by atoms with Gasteiger partial charge in [0.15, 0.2) is 0 Å². The molecule has 0 saturated carbocycles. The highest BCUT2D eigenvalue weighted by Gasteiger charge is 2.17. The monoisotopic (exact) mass is 318 g/mol. The molecule has 0 heterocycles. The summed E-state index contributed by atoms with van der Waals surface area (Å²) in [5.41, 5.74) is 1.83. The van der Waals surface area contributed by atoms with Crippen LogP contribution in [0.25, 0.3) is 0 Å². The van der Waals surface area contributed by atoms with Crippen LogP contribution < -0.4 is 5.32 Å². The summed E-state index contributed by atoms with van der Waals surface area (Å²) in [7, 11) is 3.47. The van der Waals surface area contributed by atoms with E-state index in [9.17, 15) is 13.6 Å². The molecule has 122 valence electrons. The number of carbonyl (C=O) groups excluding carboxylic acids is 1. The highest BCUT2D eigenvalue weighted by molar-refractivity contribution is 5.95. The molecule has 0 atom stereocenters. The number of amides is 1. The largest absolute Gasteiger partial charge is 0.337 e. The summed E-state index contributed by atoms with van der Waals surface area (Å²) in [4.78, 5) is 14.1. The lowest BCUT2D eigenvalue weighted by Gasteiger charge is -2.19. The summed E-state index contributed by atoms with van der Waals surface area (Å²) in [6.45, 7) is 0.853. The Labute approximate surface area is 134 Å². The molecule has 0 fully saturated rings. The molecule has 1 N–H and O–H groups in total. The Balaban J connectivity index is 2.16. The summed E-state index contributed by atoms with van der Waals surface area (Å²) in [5.74, 6) is -1.45. The van der Waals surface area contributed by atoms with Crippen molar-refractivity contribution >= 4 is 5.91 Å². The molecule has 0 radical (unpaired) electrons. The fourth-order valence-electron chi connectivity index (χ4n) is 2.39. The van der Waals surface area contributed by atoms with E-state index in [4.69, 9.17) is 0 Å². The van der Waals surface area contributed by atoms with Crippen LogP contribution in [0.3, 0.4) is 0 Å². The van der Waals surface area contributed by atoms with Crippen molar-refractivity contribution < 1.29 is 13.6 Å². The second-order valence-electron chi connectivity index (χ2n) is 5.41. The molecule has 0 aromatic heterocycles. The Kier molecular flexibility index (Phi) is 5.82. The van der Waals surface area contributed by atoms with Crippen LogP contribution >= 0.6 is 0 Å². The minimum atomic E-state index is -0.645. The van der Waals surface area contributed by atoms with Crippen LogP contribution in [0.1, 0.15) is 21.5 Å². The van der Waals surface area contributed by atoms with Gasteiger partial charge in [-0.1, -0.05) is 24.3 Å². The number of halogens is 2. The Bertz CT molecular complexity index is 688. The summed E-state index contributed by atoms with van der Waals surface area (Å²) < 4.78 is 26.7. The molecule has 0 aliphatic heterocycles. The molecule has 2 rings (SSSR count). The summed E-state index contributed by atoms with van der Waals surface area (Å²) in [6.07, 6.45) is 0.733. The lowest BCUT2D eigenvalue weighted by Crippen LogP contribution is -2.28. The normalized spacial score (nSPS) is 10.6. The van der Waals surface area contributed by atoms with Gasteiger partial charge < -0.3 is 10.2 Å². The van der Waals surface area contributed by atoms with Crippen LogP contribution in [0.5, 0.6) is 0 Å². The van der Waals surface area contributed by atoms with Crippen molar-refractivity contribution in [3.8, 4) is 0 Å². The topological polar surface area (TPSA) is 32.3 Å². The van der Waals surface area contributed by atoms with Crippen LogP contribution in [-0.4, -0.2) is 31.4 Å². The highest BCUT2D eigenvalue weighted by atomic mass is 19.1. The minimum Gasteiger partial charge on any atom is -0.337 e. The molecule has 0 aliphatic rings. The zero-order valence-electron chi connectivity index (χ0n) is 13.3. The number of benzene rings is 2. The van der Waals surface area contributed by atoms with Gasteiger partial charge in [0.2, 0.25) is 0 Å². The van der Waals surface area contributed by atoms with Crippen molar-refractivity contribution in [2.45, 2.75) is 13.0 Å². The lowest BCUT2D eigenvalue weighted by molar-refractivity contribution is 0.0782. The van der Waals surface area contributed by atoms with Gasteiger partial charge in [0.25, 0.3) is 5.91 Å². The van der Waals surface area contributed by atoms with Gasteiger partial charge in [-0.3, -0.25) is 4.79 Å². The summed E-state index contributed by atoms with van der Waals surface area (Å²) >= 11 is 0. The van der Waals surface area contributed by atoms with Gasteiger partial charge in [-0.15, -0.1) is 0 Å². The zero-order valence-corrected chi connectivity index (χ0v) is 13.3. The lowest BCUT2D eigenvalue weighted by atomic mass is 10.0. The van der Waals surface area contributed by atoms with Gasteiger partial charge in [-0.25, -0.2) is 8.78 Å². The predicted octanol–water partition coefficient (Wildman–Crippen LogP) is 3.00. The third-order valence-corrected chi connectivity index (χ3v) is 3.66. The molecule has 2 aromatic carbocycles. The highest BCUT2D eigenvalue weighted by Crippen LogP contribution is 2.16. The molecule has 0 unspecified atom stereocenters. The van der Waals surface area contributed by atoms with Gasteiger partial charge in [-0.2, -0.15) is 0 Å². The molecular weight excluding hydrogens is 298 g/mol. The van der Waals surface area contributed by atoms with Gasteiger partial charge in [0.1, 0.15) is 11.6 Å².